The van der Waals surface area contributed by atoms with Gasteiger partial charge in [0.15, 0.2) is 5.65 Å². The molecule has 0 atom stereocenters. The highest BCUT2D eigenvalue weighted by molar-refractivity contribution is 8.00. The lowest BCUT2D eigenvalue weighted by molar-refractivity contribution is -0.137. The van der Waals surface area contributed by atoms with Crippen LogP contribution in [0.1, 0.15) is 31.2 Å². The Bertz CT molecular complexity index is 1300. The van der Waals surface area contributed by atoms with Crippen LogP contribution in [0.5, 0.6) is 0 Å². The third kappa shape index (κ3) is 4.69. The number of halogens is 3. The normalized spacial score (nSPS) is 11.9. The molecule has 3 aromatic rings. The van der Waals surface area contributed by atoms with Gasteiger partial charge in [-0.2, -0.15) is 13.2 Å². The van der Waals surface area contributed by atoms with E-state index in [1.807, 2.05) is 13.8 Å². The first-order chi connectivity index (χ1) is 14.9. The zero-order valence-corrected chi connectivity index (χ0v) is 18.5. The maximum atomic E-state index is 12.7. The van der Waals surface area contributed by atoms with Crippen molar-refractivity contribution in [3.05, 3.63) is 56.5 Å². The number of aryl methyl sites for hydroxylation is 1. The summed E-state index contributed by atoms with van der Waals surface area (Å²) < 4.78 is 40.2. The van der Waals surface area contributed by atoms with Gasteiger partial charge in [0.1, 0.15) is 16.2 Å². The molecule has 0 aliphatic heterocycles. The van der Waals surface area contributed by atoms with E-state index in [1.54, 1.807) is 0 Å². The first-order valence-electron chi connectivity index (χ1n) is 9.47. The van der Waals surface area contributed by atoms with Gasteiger partial charge in [0.05, 0.1) is 11.3 Å². The summed E-state index contributed by atoms with van der Waals surface area (Å²) in [5.74, 6) is -0.337. The number of nitrogens with one attached hydrogen (secondary N) is 1. The fourth-order valence-electron chi connectivity index (χ4n) is 2.88. The third-order valence-electron chi connectivity index (χ3n) is 4.64. The molecule has 0 fully saturated rings. The Balaban J connectivity index is 1.89. The molecule has 1 amide bonds. The zero-order valence-electron chi connectivity index (χ0n) is 17.6. The smallest absolute Gasteiger partial charge is 0.325 e. The van der Waals surface area contributed by atoms with Crippen LogP contribution in [0, 0.1) is 0 Å². The number of carbonyl (C=O) groups excluding carboxylic acids is 1. The molecule has 0 aliphatic carbocycles. The highest BCUT2D eigenvalue weighted by atomic mass is 32.2. The van der Waals surface area contributed by atoms with Crippen molar-refractivity contribution >= 4 is 34.4 Å². The van der Waals surface area contributed by atoms with Crippen LogP contribution in [-0.4, -0.2) is 30.8 Å². The van der Waals surface area contributed by atoms with Crippen molar-refractivity contribution in [1.82, 2.24) is 19.1 Å². The predicted octanol–water partition coefficient (Wildman–Crippen LogP) is 2.90. The first-order valence-corrected chi connectivity index (χ1v) is 10.5. The maximum Gasteiger partial charge on any atom is 0.416 e. The van der Waals surface area contributed by atoms with E-state index in [2.05, 4.69) is 15.3 Å². The fraction of sp³-hybridized carbons (Fsp3) is 0.350. The lowest BCUT2D eigenvalue weighted by Crippen LogP contribution is -2.38. The van der Waals surface area contributed by atoms with Gasteiger partial charge in [0, 0.05) is 25.7 Å². The van der Waals surface area contributed by atoms with Crippen molar-refractivity contribution in [2.24, 2.45) is 14.1 Å². The quantitative estimate of drug-likeness (QED) is 0.458. The van der Waals surface area contributed by atoms with Crippen LogP contribution in [0.15, 0.2) is 38.9 Å². The second-order valence-corrected chi connectivity index (χ2v) is 8.32. The topological polar surface area (TPSA) is 98.9 Å². The highest BCUT2D eigenvalue weighted by Gasteiger charge is 2.30. The molecule has 0 aliphatic rings. The molecule has 0 unspecified atom stereocenters. The van der Waals surface area contributed by atoms with E-state index >= 15 is 0 Å². The molecule has 8 nitrogen and oxygen atoms in total. The second kappa shape index (κ2) is 8.77. The molecule has 12 heteroatoms. The molecule has 32 heavy (non-hydrogen) atoms. The average Bonchev–Trinajstić information content (AvgIpc) is 2.73. The molecule has 1 aromatic carbocycles. The van der Waals surface area contributed by atoms with Crippen molar-refractivity contribution in [3.63, 3.8) is 0 Å². The average molecular weight is 467 g/mol. The fourth-order valence-corrected chi connectivity index (χ4v) is 3.70. The van der Waals surface area contributed by atoms with Crippen LogP contribution in [0.4, 0.5) is 18.9 Å². The number of fused-ring (bicyclic) bond motifs is 1. The number of alkyl halides is 3. The summed E-state index contributed by atoms with van der Waals surface area (Å²) in [6.07, 6.45) is -4.47. The lowest BCUT2D eigenvalue weighted by atomic mass is 10.2. The molecule has 170 valence electrons. The molecule has 0 spiro atoms. The Labute approximate surface area is 184 Å². The second-order valence-electron chi connectivity index (χ2n) is 7.36. The van der Waals surface area contributed by atoms with E-state index in [9.17, 15) is 27.6 Å². The van der Waals surface area contributed by atoms with Gasteiger partial charge in [0.2, 0.25) is 5.91 Å². The molecule has 2 heterocycles. The van der Waals surface area contributed by atoms with Gasteiger partial charge in [-0.15, -0.1) is 0 Å². The Hall–Kier alpha value is -3.15. The minimum absolute atomic E-state index is 0.0983. The van der Waals surface area contributed by atoms with Gasteiger partial charge >= 0.3 is 11.9 Å². The summed E-state index contributed by atoms with van der Waals surface area (Å²) in [4.78, 5) is 46.1. The molecule has 0 saturated heterocycles. The SMILES string of the molecule is CC(C)c1nc(SCC(=O)Nc2ccc(C(F)(F)F)cc2)c2c(=O)n(C)c(=O)n(C)c2n1. The number of carbonyl (C=O) groups is 1. The molecule has 1 N–H and O–H groups in total. The van der Waals surface area contributed by atoms with E-state index < -0.39 is 28.9 Å². The van der Waals surface area contributed by atoms with Crippen LogP contribution in [0.2, 0.25) is 0 Å². The summed E-state index contributed by atoms with van der Waals surface area (Å²) in [5, 5.41) is 2.88. The van der Waals surface area contributed by atoms with E-state index in [4.69, 9.17) is 0 Å². The molecular weight excluding hydrogens is 447 g/mol. The number of anilines is 1. The van der Waals surface area contributed by atoms with Gasteiger partial charge in [-0.1, -0.05) is 25.6 Å². The number of rotatable bonds is 5. The Morgan fingerprint density at radius 3 is 2.28 bits per heavy atom. The number of benzene rings is 1. The van der Waals surface area contributed by atoms with Gasteiger partial charge in [0.25, 0.3) is 5.56 Å². The number of thioether (sulfide) groups is 1. The summed E-state index contributed by atoms with van der Waals surface area (Å²) in [5.41, 5.74) is -1.56. The van der Waals surface area contributed by atoms with E-state index in [0.717, 1.165) is 40.6 Å². The Kier molecular flexibility index (Phi) is 6.44. The molecule has 0 saturated carbocycles. The van der Waals surface area contributed by atoms with Gasteiger partial charge in [-0.05, 0) is 24.3 Å². The van der Waals surface area contributed by atoms with Crippen LogP contribution < -0.4 is 16.6 Å². The van der Waals surface area contributed by atoms with Crippen molar-refractivity contribution in [1.29, 1.82) is 0 Å². The van der Waals surface area contributed by atoms with Crippen LogP contribution in [0.3, 0.4) is 0 Å². The highest BCUT2D eigenvalue weighted by Crippen LogP contribution is 2.30. The zero-order chi connectivity index (χ0) is 23.8. The van der Waals surface area contributed by atoms with Crippen molar-refractivity contribution in [2.75, 3.05) is 11.1 Å². The van der Waals surface area contributed by atoms with Crippen LogP contribution >= 0.6 is 11.8 Å². The predicted molar refractivity (Wildman–Crippen MR) is 115 cm³/mol. The largest absolute Gasteiger partial charge is 0.416 e. The van der Waals surface area contributed by atoms with Crippen molar-refractivity contribution in [3.8, 4) is 0 Å². The van der Waals surface area contributed by atoms with Crippen LogP contribution in [0.25, 0.3) is 11.0 Å². The first kappa shape index (κ1) is 23.5. The van der Waals surface area contributed by atoms with Gasteiger partial charge < -0.3 is 5.32 Å². The minimum Gasteiger partial charge on any atom is -0.325 e. The minimum atomic E-state index is -4.47. The molecule has 2 aromatic heterocycles. The summed E-state index contributed by atoms with van der Waals surface area (Å²) in [6.45, 7) is 3.71. The third-order valence-corrected chi connectivity index (χ3v) is 5.61. The maximum absolute atomic E-state index is 12.7. The molecular formula is C20H20F3N5O3S. The van der Waals surface area contributed by atoms with Gasteiger partial charge in [-0.25, -0.2) is 14.8 Å². The standard InChI is InChI=1S/C20H20F3N5O3S/c1-10(2)15-25-16-14(18(30)28(4)19(31)27(16)3)17(26-15)32-9-13(29)24-12-7-5-11(6-8-12)20(21,22)23/h5-8,10H,9H2,1-4H3,(H,24,29). The monoisotopic (exact) mass is 467 g/mol. The van der Waals surface area contributed by atoms with E-state index in [1.165, 1.54) is 18.7 Å². The lowest BCUT2D eigenvalue weighted by Gasteiger charge is -2.13. The van der Waals surface area contributed by atoms with Gasteiger partial charge in [-0.3, -0.25) is 18.7 Å². The van der Waals surface area contributed by atoms with Crippen molar-refractivity contribution < 1.29 is 18.0 Å². The number of amides is 1. The number of hydrogen-bond acceptors (Lipinski definition) is 6. The molecule has 0 radical (unpaired) electrons. The summed E-state index contributed by atoms with van der Waals surface area (Å²) >= 11 is 0.982. The van der Waals surface area contributed by atoms with Crippen LogP contribution in [-0.2, 0) is 25.1 Å². The summed E-state index contributed by atoms with van der Waals surface area (Å²) in [7, 11) is 2.83. The van der Waals surface area contributed by atoms with E-state index in [0.29, 0.717) is 5.82 Å². The molecule has 3 rings (SSSR count). The van der Waals surface area contributed by atoms with Crippen molar-refractivity contribution in [2.45, 2.75) is 31.0 Å². The van der Waals surface area contributed by atoms with E-state index in [-0.39, 0.29) is 33.4 Å². The Morgan fingerprint density at radius 2 is 1.72 bits per heavy atom. The molecule has 0 bridgehead atoms. The number of aromatic nitrogens is 4. The number of hydrogen-bond donors (Lipinski definition) is 1. The Morgan fingerprint density at radius 1 is 1.09 bits per heavy atom. The summed E-state index contributed by atoms with van der Waals surface area (Å²) in [6, 6.07) is 4.07. The number of nitrogens with zero attached hydrogens (tertiary/aromatic N) is 4.